The van der Waals surface area contributed by atoms with E-state index < -0.39 is 11.7 Å². The normalized spacial score (nSPS) is 18.2. The minimum Gasteiger partial charge on any atom is -0.390 e. The lowest BCUT2D eigenvalue weighted by Gasteiger charge is -2.27. The van der Waals surface area contributed by atoms with E-state index in [0.717, 1.165) is 4.88 Å². The van der Waals surface area contributed by atoms with Crippen LogP contribution in [0.25, 0.3) is 0 Å². The summed E-state index contributed by atoms with van der Waals surface area (Å²) < 4.78 is 0. The van der Waals surface area contributed by atoms with Gasteiger partial charge in [-0.1, -0.05) is 6.92 Å². The predicted molar refractivity (Wildman–Crippen MR) is 52.7 cm³/mol. The number of nitrogens with zero attached hydrogens (tertiary/aromatic N) is 1. The van der Waals surface area contributed by atoms with Crippen molar-refractivity contribution in [2.75, 3.05) is 0 Å². The molecule has 3 nitrogen and oxygen atoms in total. The van der Waals surface area contributed by atoms with Gasteiger partial charge in [-0.2, -0.15) is 0 Å². The highest BCUT2D eigenvalue weighted by molar-refractivity contribution is 7.09. The standard InChI is InChI=1S/C9H15NO2S/c1-3-9(2,12)8(11)4-7-5-10-6-13-7/h5-6,8,11-12H,3-4H2,1-2H3. The Morgan fingerprint density at radius 2 is 2.38 bits per heavy atom. The van der Waals surface area contributed by atoms with E-state index in [1.165, 1.54) is 11.3 Å². The number of hydrogen-bond donors (Lipinski definition) is 2. The topological polar surface area (TPSA) is 53.4 Å². The average Bonchev–Trinajstić information content (AvgIpc) is 2.57. The molecule has 13 heavy (non-hydrogen) atoms. The maximum atomic E-state index is 9.72. The fourth-order valence-electron chi connectivity index (χ4n) is 0.989. The quantitative estimate of drug-likeness (QED) is 0.770. The van der Waals surface area contributed by atoms with Crippen molar-refractivity contribution in [2.24, 2.45) is 0 Å². The number of rotatable bonds is 4. The van der Waals surface area contributed by atoms with Crippen LogP contribution in [0, 0.1) is 0 Å². The zero-order valence-electron chi connectivity index (χ0n) is 7.90. The molecule has 0 radical (unpaired) electrons. The van der Waals surface area contributed by atoms with Crippen LogP contribution in [-0.2, 0) is 6.42 Å². The van der Waals surface area contributed by atoms with Crippen molar-refractivity contribution in [2.45, 2.75) is 38.4 Å². The summed E-state index contributed by atoms with van der Waals surface area (Å²) in [7, 11) is 0. The minimum absolute atomic E-state index is 0.478. The Kier molecular flexibility index (Phi) is 3.41. The molecule has 74 valence electrons. The summed E-state index contributed by atoms with van der Waals surface area (Å²) in [6, 6.07) is 0. The molecule has 0 amide bonds. The molecule has 1 aromatic rings. The van der Waals surface area contributed by atoms with Crippen molar-refractivity contribution in [3.05, 3.63) is 16.6 Å². The Hall–Kier alpha value is -0.450. The summed E-state index contributed by atoms with van der Waals surface area (Å²) in [5, 5.41) is 19.4. The van der Waals surface area contributed by atoms with E-state index in [2.05, 4.69) is 4.98 Å². The van der Waals surface area contributed by atoms with E-state index in [1.54, 1.807) is 18.6 Å². The molecule has 1 heterocycles. The first-order valence-electron chi connectivity index (χ1n) is 4.34. The van der Waals surface area contributed by atoms with Crippen LogP contribution < -0.4 is 0 Å². The highest BCUT2D eigenvalue weighted by Crippen LogP contribution is 2.19. The lowest BCUT2D eigenvalue weighted by molar-refractivity contribution is -0.0626. The smallest absolute Gasteiger partial charge is 0.0878 e. The van der Waals surface area contributed by atoms with Gasteiger partial charge in [0, 0.05) is 17.5 Å². The molecule has 2 unspecified atom stereocenters. The third-order valence-electron chi connectivity index (χ3n) is 2.31. The summed E-state index contributed by atoms with van der Waals surface area (Å²) in [5.74, 6) is 0. The first-order valence-corrected chi connectivity index (χ1v) is 5.22. The van der Waals surface area contributed by atoms with Crippen molar-refractivity contribution < 1.29 is 10.2 Å². The third-order valence-corrected chi connectivity index (χ3v) is 3.11. The summed E-state index contributed by atoms with van der Waals surface area (Å²) in [4.78, 5) is 4.91. The molecule has 0 saturated heterocycles. The number of aliphatic hydroxyl groups is 2. The molecule has 0 saturated carbocycles. The van der Waals surface area contributed by atoms with Gasteiger partial charge in [0.25, 0.3) is 0 Å². The zero-order chi connectivity index (χ0) is 9.90. The van der Waals surface area contributed by atoms with Gasteiger partial charge >= 0.3 is 0 Å². The highest BCUT2D eigenvalue weighted by atomic mass is 32.1. The SMILES string of the molecule is CCC(C)(O)C(O)Cc1cncs1. The molecule has 0 aromatic carbocycles. The van der Waals surface area contributed by atoms with Gasteiger partial charge in [-0.3, -0.25) is 4.98 Å². The van der Waals surface area contributed by atoms with E-state index >= 15 is 0 Å². The van der Waals surface area contributed by atoms with Gasteiger partial charge in [0.05, 0.1) is 17.2 Å². The number of thiazole rings is 1. The maximum absolute atomic E-state index is 9.72. The van der Waals surface area contributed by atoms with Gasteiger partial charge < -0.3 is 10.2 Å². The summed E-state index contributed by atoms with van der Waals surface area (Å²) >= 11 is 1.50. The molecular weight excluding hydrogens is 186 g/mol. The molecule has 2 atom stereocenters. The fourth-order valence-corrected chi connectivity index (χ4v) is 1.62. The van der Waals surface area contributed by atoms with Gasteiger partial charge in [-0.15, -0.1) is 11.3 Å². The second kappa shape index (κ2) is 4.17. The second-order valence-electron chi connectivity index (χ2n) is 3.40. The third kappa shape index (κ3) is 2.76. The van der Waals surface area contributed by atoms with Gasteiger partial charge in [0.2, 0.25) is 0 Å². The van der Waals surface area contributed by atoms with Gasteiger partial charge in [-0.05, 0) is 13.3 Å². The van der Waals surface area contributed by atoms with Crippen LogP contribution in [0.5, 0.6) is 0 Å². The largest absolute Gasteiger partial charge is 0.390 e. The molecule has 0 aliphatic heterocycles. The Bertz CT molecular complexity index is 246. The van der Waals surface area contributed by atoms with Crippen molar-refractivity contribution >= 4 is 11.3 Å². The van der Waals surface area contributed by atoms with Crippen LogP contribution in [0.4, 0.5) is 0 Å². The highest BCUT2D eigenvalue weighted by Gasteiger charge is 2.28. The second-order valence-corrected chi connectivity index (χ2v) is 4.37. The van der Waals surface area contributed by atoms with Crippen LogP contribution in [0.2, 0.25) is 0 Å². The lowest BCUT2D eigenvalue weighted by Crippen LogP contribution is -2.39. The Morgan fingerprint density at radius 3 is 2.85 bits per heavy atom. The lowest BCUT2D eigenvalue weighted by atomic mass is 9.93. The number of aromatic nitrogens is 1. The zero-order valence-corrected chi connectivity index (χ0v) is 8.71. The van der Waals surface area contributed by atoms with Gasteiger partial charge in [0.1, 0.15) is 0 Å². The molecule has 0 spiro atoms. The van der Waals surface area contributed by atoms with Crippen LogP contribution >= 0.6 is 11.3 Å². The summed E-state index contributed by atoms with van der Waals surface area (Å²) in [6.45, 7) is 3.51. The molecule has 0 aliphatic carbocycles. The fraction of sp³-hybridized carbons (Fsp3) is 0.667. The van der Waals surface area contributed by atoms with E-state index in [1.807, 2.05) is 6.92 Å². The van der Waals surface area contributed by atoms with E-state index in [9.17, 15) is 10.2 Å². The molecular formula is C9H15NO2S. The van der Waals surface area contributed by atoms with Crippen LogP contribution in [0.1, 0.15) is 25.1 Å². The van der Waals surface area contributed by atoms with E-state index in [-0.39, 0.29) is 0 Å². The average molecular weight is 201 g/mol. The van der Waals surface area contributed by atoms with Crippen molar-refractivity contribution in [3.63, 3.8) is 0 Å². The van der Waals surface area contributed by atoms with Crippen molar-refractivity contribution in [1.29, 1.82) is 0 Å². The van der Waals surface area contributed by atoms with Crippen LogP contribution in [0.3, 0.4) is 0 Å². The Balaban J connectivity index is 2.55. The molecule has 0 fully saturated rings. The molecule has 0 bridgehead atoms. The number of aliphatic hydroxyl groups excluding tert-OH is 1. The number of hydrogen-bond acceptors (Lipinski definition) is 4. The van der Waals surface area contributed by atoms with E-state index in [0.29, 0.717) is 12.8 Å². The van der Waals surface area contributed by atoms with Crippen LogP contribution in [0.15, 0.2) is 11.7 Å². The first-order chi connectivity index (χ1) is 6.06. The summed E-state index contributed by atoms with van der Waals surface area (Å²) in [6.07, 6.45) is 2.04. The molecule has 1 rings (SSSR count). The van der Waals surface area contributed by atoms with Crippen molar-refractivity contribution in [1.82, 2.24) is 4.98 Å². The van der Waals surface area contributed by atoms with E-state index in [4.69, 9.17) is 0 Å². The van der Waals surface area contributed by atoms with Crippen molar-refractivity contribution in [3.8, 4) is 0 Å². The Labute approximate surface area is 82.1 Å². The van der Waals surface area contributed by atoms with Gasteiger partial charge in [-0.25, -0.2) is 0 Å². The monoisotopic (exact) mass is 201 g/mol. The first kappa shape index (κ1) is 10.6. The summed E-state index contributed by atoms with van der Waals surface area (Å²) in [5.41, 5.74) is 0.729. The maximum Gasteiger partial charge on any atom is 0.0878 e. The molecule has 1 aromatic heterocycles. The predicted octanol–water partition coefficient (Wildman–Crippen LogP) is 1.21. The minimum atomic E-state index is -0.996. The molecule has 0 aliphatic rings. The Morgan fingerprint density at radius 1 is 1.69 bits per heavy atom. The van der Waals surface area contributed by atoms with Gasteiger partial charge in [0.15, 0.2) is 0 Å². The molecule has 2 N–H and O–H groups in total. The van der Waals surface area contributed by atoms with Crippen LogP contribution in [-0.4, -0.2) is 26.9 Å². The molecule has 4 heteroatoms.